The van der Waals surface area contributed by atoms with Crippen molar-refractivity contribution < 1.29 is 24.2 Å². The van der Waals surface area contributed by atoms with E-state index in [2.05, 4.69) is 11.0 Å². The van der Waals surface area contributed by atoms with Crippen molar-refractivity contribution >= 4 is 12.0 Å². The molecule has 0 aliphatic carbocycles. The van der Waals surface area contributed by atoms with E-state index in [1.807, 2.05) is 24.3 Å². The van der Waals surface area contributed by atoms with Crippen molar-refractivity contribution in [3.63, 3.8) is 0 Å². The quantitative estimate of drug-likeness (QED) is 0.634. The van der Waals surface area contributed by atoms with Gasteiger partial charge in [-0.15, -0.1) is 0 Å². The molecule has 182 valence electrons. The zero-order valence-corrected chi connectivity index (χ0v) is 20.3. The van der Waals surface area contributed by atoms with E-state index in [0.717, 1.165) is 11.3 Å². The van der Waals surface area contributed by atoms with Crippen molar-refractivity contribution in [3.8, 4) is 11.8 Å². The van der Waals surface area contributed by atoms with Gasteiger partial charge in [-0.1, -0.05) is 12.1 Å². The molecule has 1 N–H and O–H groups in total. The Hall–Kier alpha value is -2.83. The molecule has 1 aliphatic heterocycles. The van der Waals surface area contributed by atoms with Gasteiger partial charge in [-0.3, -0.25) is 9.69 Å². The summed E-state index contributed by atoms with van der Waals surface area (Å²) in [4.78, 5) is 31.0. The normalized spacial score (nSPS) is 19.0. The number of aliphatic hydroxyl groups is 1. The number of rotatable bonds is 8. The Morgan fingerprint density at radius 3 is 2.42 bits per heavy atom. The molecule has 2 rings (SSSR count). The van der Waals surface area contributed by atoms with Gasteiger partial charge in [0.2, 0.25) is 5.91 Å². The van der Waals surface area contributed by atoms with Crippen LogP contribution in [0.4, 0.5) is 4.79 Å². The van der Waals surface area contributed by atoms with Crippen LogP contribution in [0.5, 0.6) is 5.75 Å². The van der Waals surface area contributed by atoms with Crippen LogP contribution in [0, 0.1) is 11.3 Å². The van der Waals surface area contributed by atoms with Crippen LogP contribution in [0.25, 0.3) is 0 Å². The van der Waals surface area contributed by atoms with Gasteiger partial charge in [-0.05, 0) is 38.5 Å². The van der Waals surface area contributed by atoms with Crippen molar-refractivity contribution in [1.29, 1.82) is 5.26 Å². The minimum atomic E-state index is -0.676. The number of benzene rings is 1. The lowest BCUT2D eigenvalue weighted by Crippen LogP contribution is -2.61. The van der Waals surface area contributed by atoms with E-state index in [-0.39, 0.29) is 37.9 Å². The summed E-state index contributed by atoms with van der Waals surface area (Å²) in [5.41, 5.74) is 0.372. The molecule has 0 saturated carbocycles. The first-order chi connectivity index (χ1) is 15.6. The van der Waals surface area contributed by atoms with Crippen LogP contribution in [0.3, 0.4) is 0 Å². The van der Waals surface area contributed by atoms with Crippen LogP contribution in [0.2, 0.25) is 0 Å². The van der Waals surface area contributed by atoms with E-state index in [9.17, 15) is 20.0 Å². The minimum absolute atomic E-state index is 0.105. The number of aliphatic hydroxyl groups excluding tert-OH is 1. The van der Waals surface area contributed by atoms with E-state index in [4.69, 9.17) is 9.47 Å². The van der Waals surface area contributed by atoms with Crippen molar-refractivity contribution in [2.24, 2.45) is 0 Å². The molecule has 2 amide bonds. The third-order valence-electron chi connectivity index (χ3n) is 5.58. The fraction of sp³-hybridized carbons (Fsp3) is 0.625. The highest BCUT2D eigenvalue weighted by Crippen LogP contribution is 2.25. The summed E-state index contributed by atoms with van der Waals surface area (Å²) >= 11 is 0. The molecule has 1 aromatic rings. The number of likely N-dealkylation sites (N-methyl/N-ethyl adjacent to an activating group) is 1. The third kappa shape index (κ3) is 7.91. The predicted molar refractivity (Wildman–Crippen MR) is 123 cm³/mol. The Morgan fingerprint density at radius 1 is 1.21 bits per heavy atom. The first kappa shape index (κ1) is 26.4. The number of nitrogens with zero attached hydrogens (tertiary/aromatic N) is 4. The Kier molecular flexibility index (Phi) is 9.50. The fourth-order valence-electron chi connectivity index (χ4n) is 3.82. The molecule has 9 nitrogen and oxygen atoms in total. The second-order valence-electron chi connectivity index (χ2n) is 9.32. The Balaban J connectivity index is 2.27. The molecular weight excluding hydrogens is 424 g/mol. The lowest BCUT2D eigenvalue weighted by molar-refractivity contribution is -0.132. The number of amides is 2. The molecule has 33 heavy (non-hydrogen) atoms. The summed E-state index contributed by atoms with van der Waals surface area (Å²) in [7, 11) is 3.25. The Labute approximate surface area is 196 Å². The smallest absolute Gasteiger partial charge is 0.410 e. The number of piperazine rings is 1. The average Bonchev–Trinajstić information content (AvgIpc) is 2.74. The van der Waals surface area contributed by atoms with Gasteiger partial charge < -0.3 is 24.4 Å². The van der Waals surface area contributed by atoms with Gasteiger partial charge in [0.1, 0.15) is 11.4 Å². The first-order valence-corrected chi connectivity index (χ1v) is 11.2. The predicted octanol–water partition coefficient (Wildman–Crippen LogP) is 2.24. The summed E-state index contributed by atoms with van der Waals surface area (Å²) in [6.45, 7) is 6.79. The van der Waals surface area contributed by atoms with E-state index in [1.54, 1.807) is 39.8 Å². The molecule has 1 saturated heterocycles. The number of hydrogen-bond acceptors (Lipinski definition) is 7. The summed E-state index contributed by atoms with van der Waals surface area (Å²) in [6.07, 6.45) is -0.133. The maximum atomic E-state index is 13.0. The zero-order valence-electron chi connectivity index (χ0n) is 20.3. The third-order valence-corrected chi connectivity index (χ3v) is 5.58. The summed E-state index contributed by atoms with van der Waals surface area (Å²) in [5, 5.41) is 18.6. The van der Waals surface area contributed by atoms with Crippen LogP contribution in [-0.4, -0.2) is 89.9 Å². The topological polar surface area (TPSA) is 106 Å². The van der Waals surface area contributed by atoms with Crippen molar-refractivity contribution in [3.05, 3.63) is 29.8 Å². The maximum absolute atomic E-state index is 13.0. The molecular formula is C24H36N4O5. The van der Waals surface area contributed by atoms with Crippen molar-refractivity contribution in [1.82, 2.24) is 14.7 Å². The molecule has 0 bridgehead atoms. The molecule has 0 radical (unpaired) electrons. The average molecular weight is 461 g/mol. The van der Waals surface area contributed by atoms with Gasteiger partial charge in [-0.2, -0.15) is 5.26 Å². The number of carbonyl (C=O) groups excluding carboxylic acids is 2. The summed E-state index contributed by atoms with van der Waals surface area (Å²) in [5.74, 6) is 0.600. The van der Waals surface area contributed by atoms with E-state index < -0.39 is 17.7 Å². The molecule has 1 aliphatic rings. The molecule has 1 fully saturated rings. The van der Waals surface area contributed by atoms with Crippen LogP contribution < -0.4 is 4.74 Å². The standard InChI is InChI=1S/C24H36N4O5/c1-24(2,3)33-23(31)28-17-19(10-11-25)27(15-18-6-8-21(32-5)9-7-18)16-20(28)14-22(30)26(4)12-13-29/h6-9,19-20,29H,10,12-17H2,1-5H3. The van der Waals surface area contributed by atoms with Gasteiger partial charge >= 0.3 is 6.09 Å². The maximum Gasteiger partial charge on any atom is 0.410 e. The number of hydrogen-bond donors (Lipinski definition) is 1. The number of carbonyl (C=O) groups is 2. The monoisotopic (exact) mass is 460 g/mol. The zero-order chi connectivity index (χ0) is 24.6. The largest absolute Gasteiger partial charge is 0.497 e. The van der Waals surface area contributed by atoms with Gasteiger partial charge in [-0.25, -0.2) is 4.79 Å². The molecule has 0 aromatic heterocycles. The highest BCUT2D eigenvalue weighted by Gasteiger charge is 2.39. The number of ether oxygens (including phenoxy) is 2. The van der Waals surface area contributed by atoms with Crippen molar-refractivity contribution in [2.75, 3.05) is 40.4 Å². The number of methoxy groups -OCH3 is 1. The Bertz CT molecular complexity index is 831. The lowest BCUT2D eigenvalue weighted by Gasteiger charge is -2.46. The highest BCUT2D eigenvalue weighted by molar-refractivity contribution is 5.78. The highest BCUT2D eigenvalue weighted by atomic mass is 16.6. The van der Waals surface area contributed by atoms with E-state index in [1.165, 1.54) is 4.90 Å². The summed E-state index contributed by atoms with van der Waals surface area (Å²) in [6, 6.07) is 9.33. The lowest BCUT2D eigenvalue weighted by atomic mass is 10.0. The summed E-state index contributed by atoms with van der Waals surface area (Å²) < 4.78 is 10.8. The van der Waals surface area contributed by atoms with Gasteiger partial charge in [0.15, 0.2) is 0 Å². The molecule has 0 spiro atoms. The second kappa shape index (κ2) is 11.9. The van der Waals surface area contributed by atoms with E-state index >= 15 is 0 Å². The molecule has 9 heteroatoms. The van der Waals surface area contributed by atoms with Crippen LogP contribution in [0.15, 0.2) is 24.3 Å². The van der Waals surface area contributed by atoms with Crippen LogP contribution in [-0.2, 0) is 16.1 Å². The first-order valence-electron chi connectivity index (χ1n) is 11.2. The Morgan fingerprint density at radius 2 is 1.88 bits per heavy atom. The molecule has 2 atom stereocenters. The van der Waals surface area contributed by atoms with Crippen LogP contribution >= 0.6 is 0 Å². The van der Waals surface area contributed by atoms with Gasteiger partial charge in [0.05, 0.1) is 32.2 Å². The van der Waals surface area contributed by atoms with Crippen molar-refractivity contribution in [2.45, 2.75) is 57.8 Å². The molecule has 2 unspecified atom stereocenters. The molecule has 1 aromatic carbocycles. The van der Waals surface area contributed by atoms with Gasteiger partial charge in [0, 0.05) is 45.7 Å². The molecule has 1 heterocycles. The SMILES string of the molecule is COc1ccc(CN2CC(CC(=O)N(C)CCO)N(C(=O)OC(C)(C)C)CC2CC#N)cc1. The van der Waals surface area contributed by atoms with Crippen LogP contribution in [0.1, 0.15) is 39.2 Å². The minimum Gasteiger partial charge on any atom is -0.497 e. The van der Waals surface area contributed by atoms with E-state index in [0.29, 0.717) is 19.6 Å². The number of nitriles is 1. The fourth-order valence-corrected chi connectivity index (χ4v) is 3.82. The second-order valence-corrected chi connectivity index (χ2v) is 9.32. The van der Waals surface area contributed by atoms with Gasteiger partial charge in [0.25, 0.3) is 0 Å².